The van der Waals surface area contributed by atoms with Crippen LogP contribution in [0, 0.1) is 0 Å². The number of amides is 1. The zero-order chi connectivity index (χ0) is 17.8. The molecule has 0 spiro atoms. The molecule has 2 aromatic heterocycles. The Kier molecular flexibility index (Phi) is 4.59. The molecule has 7 nitrogen and oxygen atoms in total. The van der Waals surface area contributed by atoms with Gasteiger partial charge in [0.15, 0.2) is 0 Å². The molecule has 1 N–H and O–H groups in total. The lowest BCUT2D eigenvalue weighted by molar-refractivity contribution is 0.102. The number of hydrogen-bond donors (Lipinski definition) is 1. The van der Waals surface area contributed by atoms with Crippen LogP contribution in [0.5, 0.6) is 0 Å². The third-order valence-corrected chi connectivity index (χ3v) is 4.50. The zero-order valence-electron chi connectivity index (χ0n) is 14.4. The zero-order valence-corrected chi connectivity index (χ0v) is 14.4. The number of carbonyl (C=O) groups excluding carboxylic acids is 1. The smallest absolute Gasteiger partial charge is 0.255 e. The molecule has 0 radical (unpaired) electrons. The van der Waals surface area contributed by atoms with Gasteiger partial charge in [-0.25, -0.2) is 14.6 Å². The van der Waals surface area contributed by atoms with Crippen LogP contribution in [0.1, 0.15) is 29.6 Å². The van der Waals surface area contributed by atoms with Gasteiger partial charge in [0.05, 0.1) is 17.6 Å². The first-order valence-electron chi connectivity index (χ1n) is 8.77. The normalized spacial score (nSPS) is 14.2. The Morgan fingerprint density at radius 3 is 2.46 bits per heavy atom. The van der Waals surface area contributed by atoms with Crippen molar-refractivity contribution >= 4 is 17.4 Å². The van der Waals surface area contributed by atoms with E-state index in [2.05, 4.69) is 25.3 Å². The van der Waals surface area contributed by atoms with Crippen molar-refractivity contribution in [2.45, 2.75) is 19.3 Å². The molecule has 7 heteroatoms. The molecule has 0 atom stereocenters. The number of nitrogens with one attached hydrogen (secondary N) is 1. The molecule has 1 fully saturated rings. The Morgan fingerprint density at radius 2 is 1.81 bits per heavy atom. The second-order valence-corrected chi connectivity index (χ2v) is 6.29. The van der Waals surface area contributed by atoms with Crippen molar-refractivity contribution in [1.29, 1.82) is 0 Å². The monoisotopic (exact) mass is 348 g/mol. The summed E-state index contributed by atoms with van der Waals surface area (Å²) in [5, 5.41) is 6.96. The molecule has 26 heavy (non-hydrogen) atoms. The van der Waals surface area contributed by atoms with Crippen LogP contribution >= 0.6 is 0 Å². The van der Waals surface area contributed by atoms with E-state index in [9.17, 15) is 4.79 Å². The molecular weight excluding hydrogens is 328 g/mol. The lowest BCUT2D eigenvalue weighted by atomic mass is 10.1. The summed E-state index contributed by atoms with van der Waals surface area (Å²) in [6.45, 7) is 2.10. The van der Waals surface area contributed by atoms with Crippen molar-refractivity contribution in [3.63, 3.8) is 0 Å². The molecule has 1 saturated heterocycles. The van der Waals surface area contributed by atoms with Crippen molar-refractivity contribution in [2.24, 2.45) is 0 Å². The fraction of sp³-hybridized carbons (Fsp3) is 0.263. The highest BCUT2D eigenvalue weighted by atomic mass is 16.1. The van der Waals surface area contributed by atoms with E-state index in [4.69, 9.17) is 0 Å². The largest absolute Gasteiger partial charge is 0.357 e. The number of benzene rings is 1. The summed E-state index contributed by atoms with van der Waals surface area (Å²) in [5.41, 5.74) is 2.12. The number of rotatable bonds is 4. The minimum Gasteiger partial charge on any atom is -0.357 e. The lowest BCUT2D eigenvalue weighted by Crippen LogP contribution is -2.30. The minimum atomic E-state index is -0.164. The van der Waals surface area contributed by atoms with Crippen LogP contribution in [0.15, 0.2) is 55.2 Å². The Balaban J connectivity index is 1.41. The van der Waals surface area contributed by atoms with E-state index in [1.165, 1.54) is 25.6 Å². The van der Waals surface area contributed by atoms with Gasteiger partial charge in [0.25, 0.3) is 5.91 Å². The maximum absolute atomic E-state index is 12.4. The Bertz CT molecular complexity index is 852. The summed E-state index contributed by atoms with van der Waals surface area (Å²) in [4.78, 5) is 23.1. The van der Waals surface area contributed by atoms with E-state index in [0.717, 1.165) is 24.6 Å². The highest BCUT2D eigenvalue weighted by molar-refractivity contribution is 6.04. The average Bonchev–Trinajstić information content (AvgIpc) is 3.24. The summed E-state index contributed by atoms with van der Waals surface area (Å²) in [5.74, 6) is 0.808. The number of piperidine rings is 1. The van der Waals surface area contributed by atoms with Crippen molar-refractivity contribution in [3.8, 4) is 5.69 Å². The minimum absolute atomic E-state index is 0.164. The predicted molar refractivity (Wildman–Crippen MR) is 99.6 cm³/mol. The van der Waals surface area contributed by atoms with Crippen LogP contribution in [0.2, 0.25) is 0 Å². The van der Waals surface area contributed by atoms with Crippen LogP contribution in [0.4, 0.5) is 11.5 Å². The molecule has 0 aliphatic carbocycles. The number of aromatic nitrogens is 4. The first-order valence-corrected chi connectivity index (χ1v) is 8.77. The van der Waals surface area contributed by atoms with E-state index in [1.54, 1.807) is 29.3 Å². The van der Waals surface area contributed by atoms with Gasteiger partial charge in [0.2, 0.25) is 0 Å². The third-order valence-electron chi connectivity index (χ3n) is 4.50. The van der Waals surface area contributed by atoms with Crippen LogP contribution in [-0.4, -0.2) is 38.7 Å². The van der Waals surface area contributed by atoms with Gasteiger partial charge in [-0.05, 0) is 55.7 Å². The number of nitrogens with zero attached hydrogens (tertiary/aromatic N) is 5. The van der Waals surface area contributed by atoms with Gasteiger partial charge >= 0.3 is 0 Å². The van der Waals surface area contributed by atoms with E-state index in [-0.39, 0.29) is 5.91 Å². The highest BCUT2D eigenvalue weighted by Crippen LogP contribution is 2.19. The van der Waals surface area contributed by atoms with E-state index < -0.39 is 0 Å². The molecule has 1 aliphatic heterocycles. The van der Waals surface area contributed by atoms with E-state index in [1.807, 2.05) is 24.3 Å². The second-order valence-electron chi connectivity index (χ2n) is 6.29. The second kappa shape index (κ2) is 7.35. The van der Waals surface area contributed by atoms with Crippen LogP contribution in [0.3, 0.4) is 0 Å². The number of pyridine rings is 1. The standard InChI is InChI=1S/C19H20N6O/c26-19(15-4-7-17(8-5-15)25-14-20-13-22-25)23-16-6-9-18(21-12-16)24-10-2-1-3-11-24/h4-9,12-14H,1-3,10-11H2,(H,23,26). The van der Waals surface area contributed by atoms with Crippen LogP contribution < -0.4 is 10.2 Å². The van der Waals surface area contributed by atoms with Gasteiger partial charge in [0.1, 0.15) is 18.5 Å². The molecule has 1 aromatic carbocycles. The summed E-state index contributed by atoms with van der Waals surface area (Å²) in [6, 6.07) is 11.1. The molecule has 3 aromatic rings. The summed E-state index contributed by atoms with van der Waals surface area (Å²) in [6.07, 6.45) is 8.52. The maximum atomic E-state index is 12.4. The van der Waals surface area contributed by atoms with Gasteiger partial charge in [-0.1, -0.05) is 0 Å². The number of hydrogen-bond acceptors (Lipinski definition) is 5. The predicted octanol–water partition coefficient (Wildman–Crippen LogP) is 2.90. The summed E-state index contributed by atoms with van der Waals surface area (Å²) < 4.78 is 1.64. The van der Waals surface area contributed by atoms with E-state index >= 15 is 0 Å². The maximum Gasteiger partial charge on any atom is 0.255 e. The van der Waals surface area contributed by atoms with Gasteiger partial charge in [-0.2, -0.15) is 5.10 Å². The molecule has 1 amide bonds. The first kappa shape index (κ1) is 16.3. The van der Waals surface area contributed by atoms with Gasteiger partial charge < -0.3 is 10.2 Å². The SMILES string of the molecule is O=C(Nc1ccc(N2CCCCC2)nc1)c1ccc(-n2cncn2)cc1. The topological polar surface area (TPSA) is 75.9 Å². The summed E-state index contributed by atoms with van der Waals surface area (Å²) >= 11 is 0. The molecule has 4 rings (SSSR count). The lowest BCUT2D eigenvalue weighted by Gasteiger charge is -2.27. The molecular formula is C19H20N6O. The van der Waals surface area contributed by atoms with Crippen molar-refractivity contribution in [1.82, 2.24) is 19.7 Å². The fourth-order valence-corrected chi connectivity index (χ4v) is 3.08. The highest BCUT2D eigenvalue weighted by Gasteiger charge is 2.12. The van der Waals surface area contributed by atoms with Gasteiger partial charge in [-0.3, -0.25) is 4.79 Å². The third kappa shape index (κ3) is 3.56. The number of anilines is 2. The molecule has 0 saturated carbocycles. The van der Waals surface area contributed by atoms with Gasteiger partial charge in [-0.15, -0.1) is 0 Å². The fourth-order valence-electron chi connectivity index (χ4n) is 3.08. The first-order chi connectivity index (χ1) is 12.8. The molecule has 132 valence electrons. The Hall–Kier alpha value is -3.22. The van der Waals surface area contributed by atoms with Crippen LogP contribution in [-0.2, 0) is 0 Å². The molecule has 0 unspecified atom stereocenters. The quantitative estimate of drug-likeness (QED) is 0.784. The Morgan fingerprint density at radius 1 is 1.00 bits per heavy atom. The van der Waals surface area contributed by atoms with E-state index in [0.29, 0.717) is 11.3 Å². The van der Waals surface area contributed by atoms with Crippen molar-refractivity contribution < 1.29 is 4.79 Å². The van der Waals surface area contributed by atoms with Gasteiger partial charge in [0, 0.05) is 18.7 Å². The molecule has 0 bridgehead atoms. The Labute approximate surface area is 151 Å². The van der Waals surface area contributed by atoms with Crippen molar-refractivity contribution in [2.75, 3.05) is 23.3 Å². The average molecular weight is 348 g/mol. The molecule has 1 aliphatic rings. The summed E-state index contributed by atoms with van der Waals surface area (Å²) in [7, 11) is 0. The van der Waals surface area contributed by atoms with Crippen molar-refractivity contribution in [3.05, 3.63) is 60.8 Å². The van der Waals surface area contributed by atoms with Crippen LogP contribution in [0.25, 0.3) is 5.69 Å². The number of carbonyl (C=O) groups is 1. The molecule has 3 heterocycles.